The molecule has 0 saturated carbocycles. The van der Waals surface area contributed by atoms with E-state index in [4.69, 9.17) is 5.14 Å². The molecule has 1 amide bonds. The third kappa shape index (κ3) is 4.53. The van der Waals surface area contributed by atoms with Gasteiger partial charge in [0.05, 0.1) is 5.75 Å². The number of carbonyl (C=O) groups excluding carboxylic acids is 1. The van der Waals surface area contributed by atoms with Crippen molar-refractivity contribution in [1.82, 2.24) is 9.80 Å². The lowest BCUT2D eigenvalue weighted by atomic mass is 10.0. The van der Waals surface area contributed by atoms with Crippen LogP contribution in [-0.2, 0) is 21.4 Å². The molecule has 1 unspecified atom stereocenters. The Morgan fingerprint density at radius 1 is 1.30 bits per heavy atom. The van der Waals surface area contributed by atoms with E-state index in [1.54, 1.807) is 11.3 Å². The van der Waals surface area contributed by atoms with Gasteiger partial charge in [-0.1, -0.05) is 6.07 Å². The Kier molecular flexibility index (Phi) is 5.05. The fourth-order valence-electron chi connectivity index (χ4n) is 3.61. The van der Waals surface area contributed by atoms with E-state index in [0.29, 0.717) is 13.0 Å². The second kappa shape index (κ2) is 6.88. The fraction of sp³-hybridized carbons (Fsp3) is 0.667. The first-order valence-corrected chi connectivity index (χ1v) is 10.5. The third-order valence-corrected chi connectivity index (χ3v) is 6.46. The topological polar surface area (TPSA) is 83.7 Å². The summed E-state index contributed by atoms with van der Waals surface area (Å²) < 4.78 is 22.4. The standard InChI is InChI=1S/C15H23N3O3S2/c16-23(20,21)11-12-8-15(19)18(9-12)13-3-5-17(6-4-13)10-14-2-1-7-22-14/h1-2,7,12-13H,3-6,8-11H2,(H2,16,20,21). The lowest BCUT2D eigenvalue weighted by molar-refractivity contribution is -0.130. The van der Waals surface area contributed by atoms with Gasteiger partial charge in [0.1, 0.15) is 0 Å². The van der Waals surface area contributed by atoms with Crippen LogP contribution in [-0.4, -0.2) is 55.6 Å². The van der Waals surface area contributed by atoms with Crippen LogP contribution in [0, 0.1) is 5.92 Å². The Morgan fingerprint density at radius 3 is 2.65 bits per heavy atom. The first-order chi connectivity index (χ1) is 10.9. The maximum absolute atomic E-state index is 12.2. The number of nitrogens with zero attached hydrogens (tertiary/aromatic N) is 2. The normalized spacial score (nSPS) is 24.5. The molecule has 0 spiro atoms. The van der Waals surface area contributed by atoms with E-state index in [9.17, 15) is 13.2 Å². The number of amides is 1. The lowest BCUT2D eigenvalue weighted by Gasteiger charge is -2.36. The zero-order valence-corrected chi connectivity index (χ0v) is 14.7. The van der Waals surface area contributed by atoms with E-state index < -0.39 is 10.0 Å². The van der Waals surface area contributed by atoms with Crippen molar-refractivity contribution < 1.29 is 13.2 Å². The summed E-state index contributed by atoms with van der Waals surface area (Å²) in [5, 5.41) is 7.20. The van der Waals surface area contributed by atoms with Crippen LogP contribution in [0.15, 0.2) is 17.5 Å². The van der Waals surface area contributed by atoms with E-state index >= 15 is 0 Å². The molecule has 6 nitrogen and oxygen atoms in total. The van der Waals surface area contributed by atoms with Gasteiger partial charge in [0, 0.05) is 49.4 Å². The highest BCUT2D eigenvalue weighted by Crippen LogP contribution is 2.27. The molecule has 0 radical (unpaired) electrons. The molecule has 128 valence electrons. The molecular formula is C15H23N3O3S2. The van der Waals surface area contributed by atoms with E-state index in [1.807, 2.05) is 4.90 Å². The molecule has 2 N–H and O–H groups in total. The minimum atomic E-state index is -3.51. The lowest BCUT2D eigenvalue weighted by Crippen LogP contribution is -2.45. The van der Waals surface area contributed by atoms with Crippen LogP contribution in [0.5, 0.6) is 0 Å². The number of likely N-dealkylation sites (tertiary alicyclic amines) is 2. The molecular weight excluding hydrogens is 334 g/mol. The van der Waals surface area contributed by atoms with Crippen LogP contribution in [0.3, 0.4) is 0 Å². The smallest absolute Gasteiger partial charge is 0.223 e. The number of hydrogen-bond acceptors (Lipinski definition) is 5. The van der Waals surface area contributed by atoms with Gasteiger partial charge in [-0.25, -0.2) is 13.6 Å². The van der Waals surface area contributed by atoms with E-state index in [1.165, 1.54) is 4.88 Å². The number of rotatable bonds is 5. The van der Waals surface area contributed by atoms with Gasteiger partial charge in [-0.2, -0.15) is 0 Å². The van der Waals surface area contributed by atoms with Crippen LogP contribution in [0.1, 0.15) is 24.1 Å². The molecule has 0 bridgehead atoms. The fourth-order valence-corrected chi connectivity index (χ4v) is 5.24. The number of sulfonamides is 1. The van der Waals surface area contributed by atoms with Crippen LogP contribution in [0.2, 0.25) is 0 Å². The largest absolute Gasteiger partial charge is 0.339 e. The number of hydrogen-bond donors (Lipinski definition) is 1. The molecule has 1 aromatic heterocycles. The number of primary sulfonamides is 1. The van der Waals surface area contributed by atoms with Crippen molar-refractivity contribution in [2.24, 2.45) is 11.1 Å². The molecule has 2 aliphatic heterocycles. The molecule has 3 rings (SSSR count). The van der Waals surface area contributed by atoms with E-state index in [2.05, 4.69) is 22.4 Å². The number of nitrogens with two attached hydrogens (primary N) is 1. The van der Waals surface area contributed by atoms with Gasteiger partial charge in [0.25, 0.3) is 0 Å². The minimum absolute atomic E-state index is 0.0790. The summed E-state index contributed by atoms with van der Waals surface area (Å²) in [5.41, 5.74) is 0. The molecule has 0 aromatic carbocycles. The number of carbonyl (C=O) groups is 1. The van der Waals surface area contributed by atoms with Gasteiger partial charge in [0.15, 0.2) is 0 Å². The minimum Gasteiger partial charge on any atom is -0.339 e. The summed E-state index contributed by atoms with van der Waals surface area (Å²) >= 11 is 1.77. The Morgan fingerprint density at radius 2 is 2.04 bits per heavy atom. The van der Waals surface area contributed by atoms with Crippen molar-refractivity contribution in [1.29, 1.82) is 0 Å². The van der Waals surface area contributed by atoms with Crippen LogP contribution < -0.4 is 5.14 Å². The molecule has 8 heteroatoms. The summed E-state index contributed by atoms with van der Waals surface area (Å²) in [6.07, 6.45) is 2.23. The van der Waals surface area contributed by atoms with Gasteiger partial charge in [-0.3, -0.25) is 9.69 Å². The second-order valence-corrected chi connectivity index (χ2v) is 9.22. The van der Waals surface area contributed by atoms with Gasteiger partial charge in [0.2, 0.25) is 15.9 Å². The molecule has 3 heterocycles. The quantitative estimate of drug-likeness (QED) is 0.847. The van der Waals surface area contributed by atoms with Crippen LogP contribution in [0.25, 0.3) is 0 Å². The molecule has 2 saturated heterocycles. The second-order valence-electron chi connectivity index (χ2n) is 6.53. The predicted octanol–water partition coefficient (Wildman–Crippen LogP) is 0.850. The summed E-state index contributed by atoms with van der Waals surface area (Å²) in [5.74, 6) is -0.163. The molecule has 1 atom stereocenters. The predicted molar refractivity (Wildman–Crippen MR) is 90.4 cm³/mol. The van der Waals surface area contributed by atoms with Crippen molar-refractivity contribution >= 4 is 27.3 Å². The summed E-state index contributed by atoms with van der Waals surface area (Å²) in [6, 6.07) is 4.47. The monoisotopic (exact) mass is 357 g/mol. The number of thiophene rings is 1. The zero-order chi connectivity index (χ0) is 16.4. The highest BCUT2D eigenvalue weighted by Gasteiger charge is 2.37. The van der Waals surface area contributed by atoms with Crippen molar-refractivity contribution in [3.8, 4) is 0 Å². The van der Waals surface area contributed by atoms with Crippen molar-refractivity contribution in [3.63, 3.8) is 0 Å². The van der Waals surface area contributed by atoms with Gasteiger partial charge in [-0.15, -0.1) is 11.3 Å². The van der Waals surface area contributed by atoms with E-state index in [-0.39, 0.29) is 23.6 Å². The Bertz CT molecular complexity index is 637. The molecule has 0 aliphatic carbocycles. The Labute approximate surface area is 141 Å². The highest BCUT2D eigenvalue weighted by molar-refractivity contribution is 7.89. The van der Waals surface area contributed by atoms with Crippen LogP contribution >= 0.6 is 11.3 Å². The van der Waals surface area contributed by atoms with Crippen molar-refractivity contribution in [3.05, 3.63) is 22.4 Å². The summed E-state index contributed by atoms with van der Waals surface area (Å²) in [7, 11) is -3.51. The van der Waals surface area contributed by atoms with Crippen molar-refractivity contribution in [2.45, 2.75) is 31.8 Å². The first kappa shape index (κ1) is 16.9. The first-order valence-electron chi connectivity index (χ1n) is 7.95. The van der Waals surface area contributed by atoms with Gasteiger partial charge < -0.3 is 4.90 Å². The van der Waals surface area contributed by atoms with Crippen molar-refractivity contribution in [2.75, 3.05) is 25.4 Å². The maximum Gasteiger partial charge on any atom is 0.223 e. The van der Waals surface area contributed by atoms with E-state index in [0.717, 1.165) is 32.5 Å². The third-order valence-electron chi connectivity index (χ3n) is 4.66. The Balaban J connectivity index is 1.50. The van der Waals surface area contributed by atoms with Crippen LogP contribution in [0.4, 0.5) is 0 Å². The SMILES string of the molecule is NS(=O)(=O)CC1CC(=O)N(C2CCN(Cc3cccs3)CC2)C1. The maximum atomic E-state index is 12.2. The zero-order valence-electron chi connectivity index (χ0n) is 13.1. The number of piperidine rings is 1. The molecule has 23 heavy (non-hydrogen) atoms. The average molecular weight is 358 g/mol. The molecule has 2 fully saturated rings. The summed E-state index contributed by atoms with van der Waals surface area (Å²) in [6.45, 7) is 3.47. The Hall–Kier alpha value is -0.960. The molecule has 1 aromatic rings. The average Bonchev–Trinajstić information content (AvgIpc) is 3.08. The summed E-state index contributed by atoms with van der Waals surface area (Å²) in [4.78, 5) is 17.9. The molecule has 2 aliphatic rings. The highest BCUT2D eigenvalue weighted by atomic mass is 32.2. The van der Waals surface area contributed by atoms with Gasteiger partial charge in [-0.05, 0) is 24.3 Å². The van der Waals surface area contributed by atoms with Gasteiger partial charge >= 0.3 is 0 Å².